The monoisotopic (exact) mass is 339 g/mol. The van der Waals surface area contributed by atoms with Gasteiger partial charge in [-0.2, -0.15) is 8.75 Å². The van der Waals surface area contributed by atoms with Crippen molar-refractivity contribution in [3.8, 4) is 5.69 Å². The Kier molecular flexibility index (Phi) is 4.00. The number of nitrogens with zero attached hydrogens (tertiary/aromatic N) is 5. The number of hydrogen-bond donors (Lipinski definition) is 0. The molecule has 1 saturated heterocycles. The molecule has 3 heterocycles. The minimum absolute atomic E-state index is 0.0881. The lowest BCUT2D eigenvalue weighted by molar-refractivity contribution is 0.0746. The molecule has 0 aliphatic carbocycles. The van der Waals surface area contributed by atoms with E-state index < -0.39 is 0 Å². The van der Waals surface area contributed by atoms with Gasteiger partial charge in [0.05, 0.1) is 17.9 Å². The van der Waals surface area contributed by atoms with Crippen LogP contribution in [0.1, 0.15) is 10.4 Å². The molecule has 1 aliphatic rings. The number of anilines is 1. The summed E-state index contributed by atoms with van der Waals surface area (Å²) < 4.78 is 10.3. The van der Waals surface area contributed by atoms with E-state index in [1.54, 1.807) is 6.20 Å². The number of carbonyl (C=O) groups excluding carboxylic acids is 1. The first-order valence-electron chi connectivity index (χ1n) is 7.86. The first-order valence-corrected chi connectivity index (χ1v) is 8.59. The quantitative estimate of drug-likeness (QED) is 0.735. The Labute approximate surface area is 144 Å². The summed E-state index contributed by atoms with van der Waals surface area (Å²) in [6.07, 6.45) is 5.76. The molecule has 2 aromatic heterocycles. The van der Waals surface area contributed by atoms with Gasteiger partial charge in [0.15, 0.2) is 5.82 Å². The van der Waals surface area contributed by atoms with Crippen LogP contribution in [0.5, 0.6) is 0 Å². The number of hydrogen-bond acceptors (Lipinski definition) is 5. The summed E-state index contributed by atoms with van der Waals surface area (Å²) in [6.45, 7) is 2.99. The maximum absolute atomic E-state index is 12.7. The van der Waals surface area contributed by atoms with Gasteiger partial charge in [-0.1, -0.05) is 0 Å². The molecule has 3 aromatic rings. The molecule has 7 heteroatoms. The van der Waals surface area contributed by atoms with Gasteiger partial charge < -0.3 is 14.4 Å². The van der Waals surface area contributed by atoms with Crippen LogP contribution < -0.4 is 4.90 Å². The van der Waals surface area contributed by atoms with Crippen LogP contribution in [-0.4, -0.2) is 50.3 Å². The molecule has 0 N–H and O–H groups in total. The van der Waals surface area contributed by atoms with Gasteiger partial charge in [-0.05, 0) is 36.4 Å². The van der Waals surface area contributed by atoms with Crippen LogP contribution in [0, 0.1) is 0 Å². The summed E-state index contributed by atoms with van der Waals surface area (Å²) in [4.78, 5) is 16.7. The molecule has 122 valence electrons. The van der Waals surface area contributed by atoms with Gasteiger partial charge in [0.1, 0.15) is 0 Å². The Balaban J connectivity index is 1.41. The standard InChI is InChI=1S/C17H17N5OS/c23-17(14-3-5-15(6-4-14)20-7-1-2-8-20)22-11-9-21(10-12-22)16-13-18-24-19-16/h1-8,13H,9-12H2. The summed E-state index contributed by atoms with van der Waals surface area (Å²) in [5, 5.41) is 0. The van der Waals surface area contributed by atoms with Gasteiger partial charge in [0.25, 0.3) is 5.91 Å². The van der Waals surface area contributed by atoms with Crippen LogP contribution in [-0.2, 0) is 0 Å². The third-order valence-corrected chi connectivity index (χ3v) is 4.73. The molecule has 1 fully saturated rings. The van der Waals surface area contributed by atoms with Crippen molar-refractivity contribution >= 4 is 23.5 Å². The lowest BCUT2D eigenvalue weighted by Gasteiger charge is -2.34. The molecule has 4 rings (SSSR count). The van der Waals surface area contributed by atoms with Crippen molar-refractivity contribution in [2.24, 2.45) is 0 Å². The van der Waals surface area contributed by atoms with Crippen LogP contribution in [0.15, 0.2) is 55.0 Å². The van der Waals surface area contributed by atoms with Crippen molar-refractivity contribution in [1.82, 2.24) is 18.2 Å². The number of aromatic nitrogens is 3. The van der Waals surface area contributed by atoms with Gasteiger partial charge in [0, 0.05) is 49.8 Å². The Bertz CT molecular complexity index is 790. The highest BCUT2D eigenvalue weighted by Gasteiger charge is 2.23. The number of benzene rings is 1. The molecule has 6 nitrogen and oxygen atoms in total. The van der Waals surface area contributed by atoms with Gasteiger partial charge in [-0.3, -0.25) is 4.79 Å². The van der Waals surface area contributed by atoms with E-state index in [1.165, 1.54) is 11.7 Å². The van der Waals surface area contributed by atoms with Crippen molar-refractivity contribution in [2.75, 3.05) is 31.1 Å². The maximum Gasteiger partial charge on any atom is 0.253 e. The first kappa shape index (κ1) is 14.9. The van der Waals surface area contributed by atoms with Gasteiger partial charge >= 0.3 is 0 Å². The van der Waals surface area contributed by atoms with Crippen molar-refractivity contribution < 1.29 is 4.79 Å². The van der Waals surface area contributed by atoms with Crippen molar-refractivity contribution in [2.45, 2.75) is 0 Å². The molecule has 0 radical (unpaired) electrons. The van der Waals surface area contributed by atoms with E-state index in [0.717, 1.165) is 30.2 Å². The minimum atomic E-state index is 0.0881. The van der Waals surface area contributed by atoms with E-state index in [2.05, 4.69) is 13.6 Å². The number of amides is 1. The van der Waals surface area contributed by atoms with Crippen molar-refractivity contribution in [3.63, 3.8) is 0 Å². The van der Waals surface area contributed by atoms with Gasteiger partial charge in [-0.25, -0.2) is 0 Å². The SMILES string of the molecule is O=C(c1ccc(-n2cccc2)cc1)N1CCN(c2cnsn2)CC1. The molecule has 0 spiro atoms. The highest BCUT2D eigenvalue weighted by atomic mass is 32.1. The summed E-state index contributed by atoms with van der Waals surface area (Å²) in [7, 11) is 0. The largest absolute Gasteiger partial charge is 0.351 e. The van der Waals surface area contributed by atoms with E-state index in [1.807, 2.05) is 58.3 Å². The second-order valence-corrected chi connectivity index (χ2v) is 6.24. The molecule has 0 saturated carbocycles. The van der Waals surface area contributed by atoms with Crippen LogP contribution >= 0.6 is 11.7 Å². The lowest BCUT2D eigenvalue weighted by atomic mass is 10.1. The molecule has 0 unspecified atom stereocenters. The summed E-state index contributed by atoms with van der Waals surface area (Å²) in [5.74, 6) is 0.994. The molecular weight excluding hydrogens is 322 g/mol. The molecule has 0 atom stereocenters. The molecular formula is C17H17N5OS. The Hall–Kier alpha value is -2.67. The normalized spacial score (nSPS) is 14.8. The Morgan fingerprint density at radius 2 is 1.71 bits per heavy atom. The van der Waals surface area contributed by atoms with E-state index in [4.69, 9.17) is 0 Å². The predicted molar refractivity (Wildman–Crippen MR) is 93.8 cm³/mol. The topological polar surface area (TPSA) is 54.3 Å². The highest BCUT2D eigenvalue weighted by Crippen LogP contribution is 2.16. The average Bonchev–Trinajstić information content (AvgIpc) is 3.35. The first-order chi connectivity index (χ1) is 11.8. The van der Waals surface area contributed by atoms with Crippen molar-refractivity contribution in [3.05, 3.63) is 60.6 Å². The fraction of sp³-hybridized carbons (Fsp3) is 0.235. The smallest absolute Gasteiger partial charge is 0.253 e. The minimum Gasteiger partial charge on any atom is -0.351 e. The van der Waals surface area contributed by atoms with Crippen molar-refractivity contribution in [1.29, 1.82) is 0 Å². The molecule has 0 bridgehead atoms. The third kappa shape index (κ3) is 2.90. The third-order valence-electron chi connectivity index (χ3n) is 4.26. The molecule has 1 aromatic carbocycles. The zero-order valence-corrected chi connectivity index (χ0v) is 13.9. The zero-order chi connectivity index (χ0) is 16.4. The molecule has 1 aliphatic heterocycles. The maximum atomic E-state index is 12.7. The van der Waals surface area contributed by atoms with E-state index in [9.17, 15) is 4.79 Å². The second kappa shape index (κ2) is 6.45. The van der Waals surface area contributed by atoms with Crippen LogP contribution in [0.3, 0.4) is 0 Å². The number of carbonyl (C=O) groups is 1. The van der Waals surface area contributed by atoms with Crippen LogP contribution in [0.2, 0.25) is 0 Å². The van der Waals surface area contributed by atoms with Crippen LogP contribution in [0.25, 0.3) is 5.69 Å². The predicted octanol–water partition coefficient (Wildman–Crippen LogP) is 2.29. The van der Waals surface area contributed by atoms with Crippen LogP contribution in [0.4, 0.5) is 5.82 Å². The highest BCUT2D eigenvalue weighted by molar-refractivity contribution is 6.99. The molecule has 24 heavy (non-hydrogen) atoms. The fourth-order valence-corrected chi connectivity index (χ4v) is 3.34. The summed E-state index contributed by atoms with van der Waals surface area (Å²) in [6, 6.07) is 11.7. The zero-order valence-electron chi connectivity index (χ0n) is 13.1. The van der Waals surface area contributed by atoms with Gasteiger partial charge in [-0.15, -0.1) is 0 Å². The Morgan fingerprint density at radius 1 is 1.00 bits per heavy atom. The number of rotatable bonds is 3. The second-order valence-electron chi connectivity index (χ2n) is 5.68. The van der Waals surface area contributed by atoms with E-state index in [0.29, 0.717) is 13.1 Å². The Morgan fingerprint density at radius 3 is 2.33 bits per heavy atom. The number of piperazine rings is 1. The summed E-state index contributed by atoms with van der Waals surface area (Å²) >= 11 is 1.21. The fourth-order valence-electron chi connectivity index (χ4n) is 2.90. The lowest BCUT2D eigenvalue weighted by Crippen LogP contribution is -2.48. The van der Waals surface area contributed by atoms with Gasteiger partial charge in [0.2, 0.25) is 0 Å². The van der Waals surface area contributed by atoms with E-state index in [-0.39, 0.29) is 5.91 Å². The summed E-state index contributed by atoms with van der Waals surface area (Å²) in [5.41, 5.74) is 1.78. The van der Waals surface area contributed by atoms with E-state index >= 15 is 0 Å². The molecule has 1 amide bonds. The average molecular weight is 339 g/mol.